The van der Waals surface area contributed by atoms with Gasteiger partial charge in [-0.15, -0.1) is 0 Å². The molecule has 0 bridgehead atoms. The van der Waals surface area contributed by atoms with Crippen molar-refractivity contribution in [2.75, 3.05) is 19.8 Å². The smallest absolute Gasteiger partial charge is 0.457 e. The molecule has 6 unspecified atom stereocenters. The van der Waals surface area contributed by atoms with Crippen molar-refractivity contribution in [2.24, 2.45) is 0 Å². The molecule has 6 N–H and O–H groups in total. The number of phosphoric acid groups is 1. The molecule has 0 radical (unpaired) electrons. The lowest BCUT2D eigenvalue weighted by molar-refractivity contribution is -0.220. The zero-order valence-electron chi connectivity index (χ0n) is 29.8. The second-order valence-corrected chi connectivity index (χ2v) is 14.8. The third-order valence-corrected chi connectivity index (χ3v) is 9.97. The van der Waals surface area contributed by atoms with Crippen molar-refractivity contribution in [3.63, 3.8) is 0 Å². The summed E-state index contributed by atoms with van der Waals surface area (Å²) in [7, 11) is -4.99. The van der Waals surface area contributed by atoms with E-state index in [-0.39, 0.29) is 13.0 Å². The van der Waals surface area contributed by atoms with Crippen LogP contribution in [0.2, 0.25) is 0 Å². The number of carbonyl (C=O) groups is 1. The first-order valence-electron chi connectivity index (χ1n) is 18.9. The standard InChI is InChI=1S/C35H69O12P/c1-3-5-7-9-11-13-14-15-17-19-21-23-25-44-26-28(46-29(36)24-22-20-18-16-12-10-8-6-4-2)27-45-48(42,43)47-35-33(40)31(38)30(37)32(39)34(35)41/h28,30-35,37-41H,3-27H2,1-2H3,(H,42,43)/t28-,30?,31-,32?,33?,34?,35?/m1/s1. The molecular formula is C35H69O12P. The number of hydrogen-bond acceptors (Lipinski definition) is 11. The number of unbranched alkanes of at least 4 members (excludes halogenated alkanes) is 19. The molecule has 0 amide bonds. The molecule has 1 fully saturated rings. The van der Waals surface area contributed by atoms with Crippen LogP contribution in [0.5, 0.6) is 0 Å². The van der Waals surface area contributed by atoms with Gasteiger partial charge >= 0.3 is 13.8 Å². The SMILES string of the molecule is CCCCCCCCCCCCCCOC[C@H](COP(=O)(O)OC1C(O)C(O)C(O)[C@@H](O)C1O)OC(=O)CCCCCCCCCCC. The highest BCUT2D eigenvalue weighted by molar-refractivity contribution is 7.47. The third-order valence-electron chi connectivity index (χ3n) is 8.98. The predicted molar refractivity (Wildman–Crippen MR) is 184 cm³/mol. The van der Waals surface area contributed by atoms with E-state index >= 15 is 0 Å². The summed E-state index contributed by atoms with van der Waals surface area (Å²) in [6, 6.07) is 0. The number of phosphoric ester groups is 1. The molecule has 1 saturated carbocycles. The molecule has 286 valence electrons. The Balaban J connectivity index is 2.48. The van der Waals surface area contributed by atoms with Crippen molar-refractivity contribution in [1.29, 1.82) is 0 Å². The van der Waals surface area contributed by atoms with Gasteiger partial charge in [0.05, 0.1) is 13.2 Å². The van der Waals surface area contributed by atoms with Gasteiger partial charge in [0.25, 0.3) is 0 Å². The van der Waals surface area contributed by atoms with Crippen LogP contribution in [0, 0.1) is 0 Å². The van der Waals surface area contributed by atoms with E-state index in [9.17, 15) is 39.8 Å². The molecule has 12 nitrogen and oxygen atoms in total. The van der Waals surface area contributed by atoms with Crippen LogP contribution in [0.4, 0.5) is 0 Å². The predicted octanol–water partition coefficient (Wildman–Crippen LogP) is 5.86. The monoisotopic (exact) mass is 712 g/mol. The second-order valence-electron chi connectivity index (χ2n) is 13.4. The Bertz CT molecular complexity index is 817. The van der Waals surface area contributed by atoms with Crippen molar-refractivity contribution in [3.8, 4) is 0 Å². The Morgan fingerprint density at radius 2 is 0.979 bits per heavy atom. The number of esters is 1. The maximum absolute atomic E-state index is 12.7. The zero-order valence-corrected chi connectivity index (χ0v) is 30.7. The summed E-state index contributed by atoms with van der Waals surface area (Å²) in [6.45, 7) is 4.21. The molecule has 0 saturated heterocycles. The van der Waals surface area contributed by atoms with Crippen LogP contribution in [0.15, 0.2) is 0 Å². The van der Waals surface area contributed by atoms with Gasteiger partial charge in [0.1, 0.15) is 42.7 Å². The van der Waals surface area contributed by atoms with Gasteiger partial charge in [-0.2, -0.15) is 0 Å². The van der Waals surface area contributed by atoms with Crippen LogP contribution >= 0.6 is 7.82 Å². The molecule has 0 aromatic heterocycles. The van der Waals surface area contributed by atoms with E-state index in [4.69, 9.17) is 18.5 Å². The number of aliphatic hydroxyl groups is 5. The summed E-state index contributed by atoms with van der Waals surface area (Å²) in [5.41, 5.74) is 0. The van der Waals surface area contributed by atoms with E-state index in [1.165, 1.54) is 89.9 Å². The largest absolute Gasteiger partial charge is 0.472 e. The molecular weight excluding hydrogens is 643 g/mol. The number of ether oxygens (including phenoxy) is 2. The van der Waals surface area contributed by atoms with E-state index in [1.54, 1.807) is 0 Å². The minimum Gasteiger partial charge on any atom is -0.457 e. The summed E-state index contributed by atoms with van der Waals surface area (Å²) in [5, 5.41) is 49.8. The summed E-state index contributed by atoms with van der Waals surface area (Å²) in [4.78, 5) is 22.9. The summed E-state index contributed by atoms with van der Waals surface area (Å²) in [5.74, 6) is -0.479. The first kappa shape index (κ1) is 45.4. The van der Waals surface area contributed by atoms with E-state index < -0.39 is 63.1 Å². The van der Waals surface area contributed by atoms with Crippen LogP contribution in [0.25, 0.3) is 0 Å². The lowest BCUT2D eigenvalue weighted by Crippen LogP contribution is -2.64. The maximum Gasteiger partial charge on any atom is 0.472 e. The third kappa shape index (κ3) is 20.9. The molecule has 48 heavy (non-hydrogen) atoms. The highest BCUT2D eigenvalue weighted by Gasteiger charge is 2.51. The summed E-state index contributed by atoms with van der Waals surface area (Å²) in [6.07, 6.45) is 12.0. The summed E-state index contributed by atoms with van der Waals surface area (Å²) < 4.78 is 33.9. The van der Waals surface area contributed by atoms with Gasteiger partial charge in [0, 0.05) is 13.0 Å². The van der Waals surface area contributed by atoms with Crippen molar-refractivity contribution in [3.05, 3.63) is 0 Å². The fourth-order valence-electron chi connectivity index (χ4n) is 5.88. The molecule has 13 heteroatoms. The van der Waals surface area contributed by atoms with Gasteiger partial charge in [0.2, 0.25) is 0 Å². The molecule has 1 rings (SSSR count). The van der Waals surface area contributed by atoms with Crippen LogP contribution in [0.3, 0.4) is 0 Å². The fraction of sp³-hybridized carbons (Fsp3) is 0.971. The van der Waals surface area contributed by atoms with Gasteiger partial charge < -0.3 is 39.9 Å². The highest BCUT2D eigenvalue weighted by atomic mass is 31.2. The number of hydrogen-bond donors (Lipinski definition) is 6. The van der Waals surface area contributed by atoms with Gasteiger partial charge in [-0.25, -0.2) is 4.57 Å². The van der Waals surface area contributed by atoms with Crippen LogP contribution < -0.4 is 0 Å². The average Bonchev–Trinajstić information content (AvgIpc) is 3.06. The first-order chi connectivity index (χ1) is 23.0. The van der Waals surface area contributed by atoms with E-state index in [0.717, 1.165) is 38.5 Å². The second kappa shape index (κ2) is 28.0. The number of carbonyl (C=O) groups excluding carboxylic acids is 1. The molecule has 8 atom stereocenters. The molecule has 0 aromatic rings. The molecule has 0 spiro atoms. The van der Waals surface area contributed by atoms with Gasteiger partial charge in [-0.05, 0) is 12.8 Å². The minimum absolute atomic E-state index is 0.0696. The van der Waals surface area contributed by atoms with Crippen LogP contribution in [-0.2, 0) is 27.9 Å². The average molecular weight is 713 g/mol. The van der Waals surface area contributed by atoms with Crippen molar-refractivity contribution in [2.45, 2.75) is 198 Å². The first-order valence-corrected chi connectivity index (χ1v) is 20.4. The van der Waals surface area contributed by atoms with Crippen molar-refractivity contribution >= 4 is 13.8 Å². The number of rotatable bonds is 31. The van der Waals surface area contributed by atoms with Gasteiger partial charge in [-0.3, -0.25) is 13.8 Å². The van der Waals surface area contributed by atoms with Crippen LogP contribution in [-0.4, -0.2) is 98.9 Å². The minimum atomic E-state index is -4.99. The van der Waals surface area contributed by atoms with Gasteiger partial charge in [0.15, 0.2) is 0 Å². The molecule has 1 aliphatic rings. The number of aliphatic hydroxyl groups excluding tert-OH is 5. The van der Waals surface area contributed by atoms with Crippen molar-refractivity contribution in [1.82, 2.24) is 0 Å². The topological polar surface area (TPSA) is 192 Å². The Morgan fingerprint density at radius 1 is 0.583 bits per heavy atom. The van der Waals surface area contributed by atoms with Gasteiger partial charge in [-0.1, -0.05) is 136 Å². The maximum atomic E-state index is 12.7. The lowest BCUT2D eigenvalue weighted by Gasteiger charge is -2.41. The molecule has 0 aliphatic heterocycles. The summed E-state index contributed by atoms with van der Waals surface area (Å²) >= 11 is 0. The van der Waals surface area contributed by atoms with Crippen molar-refractivity contribution < 1.29 is 58.3 Å². The highest BCUT2D eigenvalue weighted by Crippen LogP contribution is 2.47. The normalized spacial score (nSPS) is 24.8. The zero-order chi connectivity index (χ0) is 35.6. The lowest BCUT2D eigenvalue weighted by atomic mass is 9.85. The Kier molecular flexibility index (Phi) is 26.5. The Morgan fingerprint density at radius 3 is 1.44 bits per heavy atom. The quantitative estimate of drug-likeness (QED) is 0.0286. The molecule has 0 aromatic carbocycles. The molecule has 0 heterocycles. The Hall–Kier alpha value is -0.660. The molecule has 1 aliphatic carbocycles. The van der Waals surface area contributed by atoms with E-state index in [1.807, 2.05) is 0 Å². The van der Waals surface area contributed by atoms with E-state index in [0.29, 0.717) is 13.0 Å². The Labute approximate surface area is 289 Å². The van der Waals surface area contributed by atoms with Crippen LogP contribution in [0.1, 0.15) is 155 Å². The van der Waals surface area contributed by atoms with E-state index in [2.05, 4.69) is 13.8 Å². The fourth-order valence-corrected chi connectivity index (χ4v) is 6.86.